The largest absolute Gasteiger partial charge is 0.394 e. The van der Waals surface area contributed by atoms with E-state index < -0.39 is 6.29 Å². The van der Waals surface area contributed by atoms with E-state index in [0.717, 1.165) is 25.7 Å². The summed E-state index contributed by atoms with van der Waals surface area (Å²) in [7, 11) is 0. The summed E-state index contributed by atoms with van der Waals surface area (Å²) < 4.78 is 20.0. The molecule has 1 aliphatic carbocycles. The van der Waals surface area contributed by atoms with Crippen LogP contribution in [-0.4, -0.2) is 87.5 Å². The summed E-state index contributed by atoms with van der Waals surface area (Å²) in [6.07, 6.45) is 7.03. The number of nitrogens with zero attached hydrogens (tertiary/aromatic N) is 7. The molecule has 4 atom stereocenters. The Morgan fingerprint density at radius 2 is 1.76 bits per heavy atom. The number of hydrogen-bond donors (Lipinski definition) is 5. The average Bonchev–Trinajstić information content (AvgIpc) is 3.37. The lowest BCUT2D eigenvalue weighted by Crippen LogP contribution is -2.15. The number of aromatic nitrogens is 8. The van der Waals surface area contributed by atoms with Gasteiger partial charge in [0, 0.05) is 6.04 Å². The number of fused-ring (bicyclic) bond motifs is 2. The van der Waals surface area contributed by atoms with Crippen molar-refractivity contribution in [2.75, 3.05) is 30.9 Å². The number of H-pyrrole nitrogens is 1. The van der Waals surface area contributed by atoms with Crippen LogP contribution in [0.2, 0.25) is 0 Å². The molecule has 0 amide bonds. The van der Waals surface area contributed by atoms with Gasteiger partial charge in [0.15, 0.2) is 40.7 Å². The molecule has 0 unspecified atom stereocenters. The molecular formula is C22H28N10O6. The van der Waals surface area contributed by atoms with E-state index in [4.69, 9.17) is 30.2 Å². The van der Waals surface area contributed by atoms with Gasteiger partial charge in [-0.3, -0.25) is 13.9 Å². The first-order valence-corrected chi connectivity index (χ1v) is 12.3. The third kappa shape index (κ3) is 4.79. The van der Waals surface area contributed by atoms with Crippen molar-refractivity contribution in [3.8, 4) is 0 Å². The molecule has 0 spiro atoms. The third-order valence-corrected chi connectivity index (χ3v) is 6.51. The maximum absolute atomic E-state index is 11.5. The molecule has 7 rings (SSSR count). The fourth-order valence-electron chi connectivity index (χ4n) is 4.45. The van der Waals surface area contributed by atoms with Gasteiger partial charge in [0.05, 0.1) is 44.9 Å². The number of hydrogen-bond acceptors (Lipinski definition) is 13. The quantitative estimate of drug-likeness (QED) is 0.216. The Morgan fingerprint density at radius 1 is 0.974 bits per heavy atom. The zero-order valence-corrected chi connectivity index (χ0v) is 20.3. The molecule has 6 N–H and O–H groups in total. The molecule has 2 aliphatic heterocycles. The van der Waals surface area contributed by atoms with Crippen LogP contribution < -0.4 is 16.6 Å². The molecular weight excluding hydrogens is 500 g/mol. The number of ether oxygens (including phenoxy) is 3. The SMILES string of the molecule is Nc1nc(NC2CC2)c2ncn([C@H]3CO[C@@H](CO)O3)c2n1.O=c1[nH]cnc2c1ncn2[C@H]1CC[C@@H](CO)O1. The molecule has 38 heavy (non-hydrogen) atoms. The van der Waals surface area contributed by atoms with Crippen LogP contribution in [0.5, 0.6) is 0 Å². The summed E-state index contributed by atoms with van der Waals surface area (Å²) in [5, 5.41) is 21.4. The van der Waals surface area contributed by atoms with Crippen molar-refractivity contribution < 1.29 is 24.4 Å². The Balaban J connectivity index is 0.000000142. The van der Waals surface area contributed by atoms with Crippen molar-refractivity contribution in [3.05, 3.63) is 29.3 Å². The van der Waals surface area contributed by atoms with Crippen LogP contribution in [0.15, 0.2) is 23.8 Å². The second kappa shape index (κ2) is 10.2. The van der Waals surface area contributed by atoms with Crippen molar-refractivity contribution in [1.82, 2.24) is 39.0 Å². The number of nitrogen functional groups attached to an aromatic ring is 1. The summed E-state index contributed by atoms with van der Waals surface area (Å²) in [6, 6.07) is 0.442. The van der Waals surface area contributed by atoms with Crippen LogP contribution in [0.1, 0.15) is 38.1 Å². The summed E-state index contributed by atoms with van der Waals surface area (Å²) >= 11 is 0. The van der Waals surface area contributed by atoms with E-state index in [-0.39, 0.29) is 43.3 Å². The third-order valence-electron chi connectivity index (χ3n) is 6.51. The highest BCUT2D eigenvalue weighted by molar-refractivity contribution is 5.84. The standard InChI is InChI=1S/C12H16N6O3.C10H12N4O3/c13-12-16-10(15-6-1-2-6)9-11(17-12)18(5-14-9)7-4-20-8(3-19)21-7;15-3-6-1-2-7(17-6)14-5-13-8-9(14)11-4-12-10(8)16/h5-8,19H,1-4H2,(H3,13,15,16,17);4-7,15H,1-3H2,(H,11,12,16)/t7-,8-;6-,7+/m10/s1. The molecule has 6 heterocycles. The molecule has 0 bridgehead atoms. The molecule has 0 aromatic carbocycles. The van der Waals surface area contributed by atoms with Gasteiger partial charge in [-0.2, -0.15) is 9.97 Å². The van der Waals surface area contributed by atoms with Crippen LogP contribution in [-0.2, 0) is 14.2 Å². The highest BCUT2D eigenvalue weighted by Gasteiger charge is 2.30. The Bertz CT molecular complexity index is 1480. The van der Waals surface area contributed by atoms with Gasteiger partial charge in [-0.05, 0) is 25.7 Å². The topological polar surface area (TPSA) is 213 Å². The average molecular weight is 529 g/mol. The smallest absolute Gasteiger partial charge is 0.278 e. The zero-order chi connectivity index (χ0) is 26.2. The van der Waals surface area contributed by atoms with E-state index in [1.54, 1.807) is 21.8 Å². The first-order chi connectivity index (χ1) is 18.5. The highest BCUT2D eigenvalue weighted by Crippen LogP contribution is 2.31. The van der Waals surface area contributed by atoms with E-state index in [1.807, 2.05) is 0 Å². The van der Waals surface area contributed by atoms with Gasteiger partial charge in [0.1, 0.15) is 6.23 Å². The number of aliphatic hydroxyl groups excluding tert-OH is 2. The number of imidazole rings is 2. The summed E-state index contributed by atoms with van der Waals surface area (Å²) in [5.74, 6) is 0.835. The Hall–Kier alpha value is -3.70. The highest BCUT2D eigenvalue weighted by atomic mass is 16.7. The minimum Gasteiger partial charge on any atom is -0.394 e. The number of rotatable bonds is 6. The minimum atomic E-state index is -0.615. The van der Waals surface area contributed by atoms with Crippen molar-refractivity contribution in [3.63, 3.8) is 0 Å². The Kier molecular flexibility index (Phi) is 6.62. The molecule has 1 saturated carbocycles. The first kappa shape index (κ1) is 24.6. The van der Waals surface area contributed by atoms with Crippen molar-refractivity contribution in [2.45, 2.75) is 56.6 Å². The molecule has 3 aliphatic rings. The summed E-state index contributed by atoms with van der Waals surface area (Å²) in [6.45, 7) is 0.151. The van der Waals surface area contributed by atoms with Gasteiger partial charge in [-0.1, -0.05) is 0 Å². The van der Waals surface area contributed by atoms with Crippen LogP contribution in [0.25, 0.3) is 22.3 Å². The summed E-state index contributed by atoms with van der Waals surface area (Å²) in [4.78, 5) is 34.9. The second-order valence-electron chi connectivity index (χ2n) is 9.24. The molecule has 16 nitrogen and oxygen atoms in total. The van der Waals surface area contributed by atoms with E-state index >= 15 is 0 Å². The molecule has 2 saturated heterocycles. The molecule has 0 radical (unpaired) electrons. The van der Waals surface area contributed by atoms with Crippen molar-refractivity contribution >= 4 is 34.1 Å². The van der Waals surface area contributed by atoms with Gasteiger partial charge < -0.3 is 40.5 Å². The van der Waals surface area contributed by atoms with Crippen LogP contribution in [0, 0.1) is 0 Å². The van der Waals surface area contributed by atoms with Gasteiger partial charge in [-0.15, -0.1) is 0 Å². The maximum Gasteiger partial charge on any atom is 0.278 e. The number of anilines is 2. The van der Waals surface area contributed by atoms with Gasteiger partial charge >= 0.3 is 0 Å². The van der Waals surface area contributed by atoms with E-state index in [2.05, 4.69) is 35.2 Å². The zero-order valence-electron chi connectivity index (χ0n) is 20.3. The number of aliphatic hydroxyl groups is 2. The Labute approximate surface area is 214 Å². The van der Waals surface area contributed by atoms with E-state index in [0.29, 0.717) is 40.8 Å². The molecule has 4 aromatic rings. The predicted octanol–water partition coefficient (Wildman–Crippen LogP) is -0.364. The molecule has 4 aromatic heterocycles. The fraction of sp³-hybridized carbons (Fsp3) is 0.545. The predicted molar refractivity (Wildman–Crippen MR) is 132 cm³/mol. The van der Waals surface area contributed by atoms with E-state index in [1.165, 1.54) is 6.33 Å². The number of nitrogens with two attached hydrogens (primary N) is 1. The maximum atomic E-state index is 11.5. The van der Waals surface area contributed by atoms with Crippen molar-refractivity contribution in [2.24, 2.45) is 0 Å². The lowest BCUT2D eigenvalue weighted by Gasteiger charge is -2.13. The normalized spacial score (nSPS) is 25.1. The fourth-order valence-corrected chi connectivity index (χ4v) is 4.45. The molecule has 3 fully saturated rings. The monoisotopic (exact) mass is 528 g/mol. The van der Waals surface area contributed by atoms with Crippen LogP contribution in [0.4, 0.5) is 11.8 Å². The van der Waals surface area contributed by atoms with E-state index in [9.17, 15) is 4.79 Å². The Morgan fingerprint density at radius 3 is 2.47 bits per heavy atom. The second-order valence-corrected chi connectivity index (χ2v) is 9.24. The van der Waals surface area contributed by atoms with Gasteiger partial charge in [0.2, 0.25) is 5.95 Å². The lowest BCUT2D eigenvalue weighted by atomic mass is 10.2. The van der Waals surface area contributed by atoms with Crippen molar-refractivity contribution in [1.29, 1.82) is 0 Å². The number of aromatic amines is 1. The number of nitrogens with one attached hydrogen (secondary N) is 2. The van der Waals surface area contributed by atoms with Gasteiger partial charge in [-0.25, -0.2) is 15.0 Å². The van der Waals surface area contributed by atoms with Crippen LogP contribution in [0.3, 0.4) is 0 Å². The first-order valence-electron chi connectivity index (χ1n) is 12.3. The molecule has 202 valence electrons. The van der Waals surface area contributed by atoms with Gasteiger partial charge in [0.25, 0.3) is 5.56 Å². The summed E-state index contributed by atoms with van der Waals surface area (Å²) in [5.41, 5.74) is 7.60. The van der Waals surface area contributed by atoms with Crippen LogP contribution >= 0.6 is 0 Å². The molecule has 16 heteroatoms. The minimum absolute atomic E-state index is 0.0111. The lowest BCUT2D eigenvalue weighted by molar-refractivity contribution is -0.0980.